The molecule has 0 saturated carbocycles. The van der Waals surface area contributed by atoms with Crippen LogP contribution in [0.4, 0.5) is 0 Å². The van der Waals surface area contributed by atoms with Crippen LogP contribution in [0.15, 0.2) is 60.7 Å². The van der Waals surface area contributed by atoms with Gasteiger partial charge in [0, 0.05) is 17.8 Å². The summed E-state index contributed by atoms with van der Waals surface area (Å²) >= 11 is 0. The van der Waals surface area contributed by atoms with E-state index in [-0.39, 0.29) is 0 Å². The van der Waals surface area contributed by atoms with Gasteiger partial charge >= 0.3 is 0 Å². The second-order valence-corrected chi connectivity index (χ2v) is 5.90. The zero-order valence-electron chi connectivity index (χ0n) is 13.5. The molecule has 0 fully saturated rings. The van der Waals surface area contributed by atoms with Gasteiger partial charge in [0.15, 0.2) is 0 Å². The average Bonchev–Trinajstić information content (AvgIpc) is 2.48. The van der Waals surface area contributed by atoms with Crippen molar-refractivity contribution in [1.82, 2.24) is 4.90 Å². The fourth-order valence-corrected chi connectivity index (χ4v) is 2.78. The van der Waals surface area contributed by atoms with Gasteiger partial charge in [0.1, 0.15) is 0 Å². The molecule has 110 valence electrons. The second kappa shape index (κ2) is 7.12. The summed E-state index contributed by atoms with van der Waals surface area (Å²) in [5, 5.41) is 0. The Morgan fingerprint density at radius 2 is 1.24 bits per heavy atom. The minimum absolute atomic E-state index is 0.458. The van der Waals surface area contributed by atoms with E-state index in [0.29, 0.717) is 12.1 Å². The minimum Gasteiger partial charge on any atom is -0.366 e. The van der Waals surface area contributed by atoms with E-state index >= 15 is 0 Å². The quantitative estimate of drug-likeness (QED) is 0.671. The Morgan fingerprint density at radius 1 is 0.762 bits per heavy atom. The summed E-state index contributed by atoms with van der Waals surface area (Å²) in [5.74, 6) is 0. The number of hydrogen-bond donors (Lipinski definition) is 0. The molecule has 0 unspecified atom stereocenters. The molecular weight excluding hydrogens is 254 g/mol. The second-order valence-electron chi connectivity index (χ2n) is 5.90. The fourth-order valence-electron chi connectivity index (χ4n) is 2.78. The normalized spacial score (nSPS) is 12.0. The van der Waals surface area contributed by atoms with Crippen LogP contribution in [0, 0.1) is 0 Å². The lowest BCUT2D eigenvalue weighted by molar-refractivity contribution is 0.275. The summed E-state index contributed by atoms with van der Waals surface area (Å²) < 4.78 is 0. The van der Waals surface area contributed by atoms with Crippen molar-refractivity contribution in [3.05, 3.63) is 71.8 Å². The van der Waals surface area contributed by atoms with Crippen LogP contribution in [0.5, 0.6) is 0 Å². The lowest BCUT2D eigenvalue weighted by atomic mass is 10.0. The van der Waals surface area contributed by atoms with Gasteiger partial charge in [0.05, 0.1) is 0 Å². The van der Waals surface area contributed by atoms with Crippen molar-refractivity contribution in [3.8, 4) is 0 Å². The first kappa shape index (κ1) is 15.4. The van der Waals surface area contributed by atoms with Gasteiger partial charge in [-0.05, 0) is 44.9 Å². The Kier molecular flexibility index (Phi) is 5.21. The van der Waals surface area contributed by atoms with Gasteiger partial charge in [-0.3, -0.25) is 0 Å². The molecule has 0 heterocycles. The van der Waals surface area contributed by atoms with Crippen molar-refractivity contribution in [2.24, 2.45) is 0 Å². The Balaban J connectivity index is 2.52. The van der Waals surface area contributed by atoms with Gasteiger partial charge in [-0.2, -0.15) is 0 Å². The molecule has 0 aromatic heterocycles. The highest BCUT2D eigenvalue weighted by Crippen LogP contribution is 2.26. The smallest absolute Gasteiger partial charge is 0.0450 e. The van der Waals surface area contributed by atoms with E-state index in [1.165, 1.54) is 16.8 Å². The zero-order valence-corrected chi connectivity index (χ0v) is 13.5. The summed E-state index contributed by atoms with van der Waals surface area (Å²) in [4.78, 5) is 2.47. The Bertz CT molecular complexity index is 559. The first-order chi connectivity index (χ1) is 10.1. The fraction of sp³-hybridized carbons (Fsp3) is 0.300. The molecule has 0 aliphatic carbocycles. The number of benzene rings is 2. The summed E-state index contributed by atoms with van der Waals surface area (Å²) in [6.45, 7) is 9.01. The van der Waals surface area contributed by atoms with Crippen molar-refractivity contribution in [3.63, 3.8) is 0 Å². The first-order valence-electron chi connectivity index (χ1n) is 7.70. The van der Waals surface area contributed by atoms with Gasteiger partial charge in [-0.15, -0.1) is 0 Å². The van der Waals surface area contributed by atoms with Crippen LogP contribution in [0.2, 0.25) is 0 Å². The van der Waals surface area contributed by atoms with Crippen LogP contribution < -0.4 is 0 Å². The molecule has 2 aromatic carbocycles. The molecule has 21 heavy (non-hydrogen) atoms. The molecule has 0 N–H and O–H groups in total. The van der Waals surface area contributed by atoms with Crippen LogP contribution in [0.25, 0.3) is 11.8 Å². The summed E-state index contributed by atoms with van der Waals surface area (Å²) in [7, 11) is 0. The predicted octanol–water partition coefficient (Wildman–Crippen LogP) is 5.30. The van der Waals surface area contributed by atoms with Crippen molar-refractivity contribution in [2.75, 3.05) is 0 Å². The molecule has 0 spiro atoms. The van der Waals surface area contributed by atoms with Gasteiger partial charge in [-0.1, -0.05) is 60.7 Å². The van der Waals surface area contributed by atoms with Crippen molar-refractivity contribution in [2.45, 2.75) is 39.8 Å². The topological polar surface area (TPSA) is 3.24 Å². The van der Waals surface area contributed by atoms with E-state index in [9.17, 15) is 0 Å². The molecular formula is C20H25N. The third-order valence-corrected chi connectivity index (χ3v) is 3.56. The van der Waals surface area contributed by atoms with Crippen molar-refractivity contribution in [1.29, 1.82) is 0 Å². The van der Waals surface area contributed by atoms with E-state index in [1.807, 2.05) is 0 Å². The third-order valence-electron chi connectivity index (χ3n) is 3.56. The van der Waals surface area contributed by atoms with Crippen LogP contribution in [-0.4, -0.2) is 17.0 Å². The lowest BCUT2D eigenvalue weighted by Gasteiger charge is -2.35. The van der Waals surface area contributed by atoms with Gasteiger partial charge in [-0.25, -0.2) is 0 Å². The van der Waals surface area contributed by atoms with Crippen LogP contribution >= 0.6 is 0 Å². The SMILES string of the molecule is CC(C)N(/C(=C/c1ccccc1)c1ccccc1)C(C)C. The molecule has 1 nitrogen and oxygen atoms in total. The van der Waals surface area contributed by atoms with Gasteiger partial charge < -0.3 is 4.90 Å². The number of hydrogen-bond acceptors (Lipinski definition) is 1. The molecule has 2 rings (SSSR count). The highest BCUT2D eigenvalue weighted by Gasteiger charge is 2.18. The molecule has 2 aromatic rings. The van der Waals surface area contributed by atoms with Crippen molar-refractivity contribution < 1.29 is 0 Å². The number of nitrogens with zero attached hydrogens (tertiary/aromatic N) is 1. The molecule has 0 aliphatic rings. The Morgan fingerprint density at radius 3 is 1.71 bits per heavy atom. The molecule has 0 bridgehead atoms. The number of rotatable bonds is 5. The Hall–Kier alpha value is -2.02. The zero-order chi connectivity index (χ0) is 15.2. The molecule has 1 heteroatoms. The monoisotopic (exact) mass is 279 g/mol. The maximum Gasteiger partial charge on any atom is 0.0450 e. The Labute approximate surface area is 128 Å². The maximum atomic E-state index is 2.47. The summed E-state index contributed by atoms with van der Waals surface area (Å²) in [6, 6.07) is 22.1. The molecule has 0 aliphatic heterocycles. The largest absolute Gasteiger partial charge is 0.366 e. The van der Waals surface area contributed by atoms with E-state index in [4.69, 9.17) is 0 Å². The van der Waals surface area contributed by atoms with E-state index < -0.39 is 0 Å². The lowest BCUT2D eigenvalue weighted by Crippen LogP contribution is -2.35. The highest BCUT2D eigenvalue weighted by atomic mass is 15.2. The predicted molar refractivity (Wildman–Crippen MR) is 92.9 cm³/mol. The van der Waals surface area contributed by atoms with Gasteiger partial charge in [0.25, 0.3) is 0 Å². The first-order valence-corrected chi connectivity index (χ1v) is 7.70. The van der Waals surface area contributed by atoms with Crippen LogP contribution in [-0.2, 0) is 0 Å². The molecule has 0 radical (unpaired) electrons. The summed E-state index contributed by atoms with van der Waals surface area (Å²) in [5.41, 5.74) is 3.79. The van der Waals surface area contributed by atoms with Gasteiger partial charge in [0.2, 0.25) is 0 Å². The van der Waals surface area contributed by atoms with E-state index in [2.05, 4.69) is 99.3 Å². The average molecular weight is 279 g/mol. The molecule has 0 saturated heterocycles. The van der Waals surface area contributed by atoms with Crippen LogP contribution in [0.1, 0.15) is 38.8 Å². The highest BCUT2D eigenvalue weighted by molar-refractivity contribution is 5.80. The minimum atomic E-state index is 0.458. The van der Waals surface area contributed by atoms with E-state index in [0.717, 1.165) is 0 Å². The van der Waals surface area contributed by atoms with Crippen molar-refractivity contribution >= 4 is 11.8 Å². The maximum absolute atomic E-state index is 2.47. The third kappa shape index (κ3) is 3.98. The van der Waals surface area contributed by atoms with Crippen LogP contribution in [0.3, 0.4) is 0 Å². The molecule has 0 amide bonds. The molecule has 0 atom stereocenters. The standard InChI is InChI=1S/C20H25N/c1-16(2)21(17(3)4)20(19-13-9-6-10-14-19)15-18-11-7-5-8-12-18/h5-17H,1-4H3/b20-15+. The summed E-state index contributed by atoms with van der Waals surface area (Å²) in [6.07, 6.45) is 2.29. The van der Waals surface area contributed by atoms with E-state index in [1.54, 1.807) is 0 Å².